The zero-order chi connectivity index (χ0) is 13.8. The van der Waals surface area contributed by atoms with Gasteiger partial charge >= 0.3 is 0 Å². The first-order chi connectivity index (χ1) is 8.48. The Kier molecular flexibility index (Phi) is 4.27. The molecule has 0 saturated heterocycles. The predicted octanol–water partition coefficient (Wildman–Crippen LogP) is 2.34. The zero-order valence-corrected chi connectivity index (χ0v) is 10.3. The van der Waals surface area contributed by atoms with Crippen molar-refractivity contribution in [3.05, 3.63) is 29.6 Å². The van der Waals surface area contributed by atoms with Gasteiger partial charge in [0.25, 0.3) is 5.91 Å². The van der Waals surface area contributed by atoms with Crippen LogP contribution in [0.1, 0.15) is 37.0 Å². The molecule has 1 amide bonds. The van der Waals surface area contributed by atoms with E-state index in [4.69, 9.17) is 5.26 Å². The van der Waals surface area contributed by atoms with Crippen LogP contribution < -0.4 is 5.32 Å². The fourth-order valence-corrected chi connectivity index (χ4v) is 1.59. The van der Waals surface area contributed by atoms with Crippen LogP contribution in [0.4, 0.5) is 4.39 Å². The molecule has 0 aliphatic rings. The minimum Gasteiger partial charge on any atom is -0.507 e. The monoisotopic (exact) mass is 250 g/mol. The van der Waals surface area contributed by atoms with Gasteiger partial charge in [-0.2, -0.15) is 5.26 Å². The smallest absolute Gasteiger partial charge is 0.256 e. The highest BCUT2D eigenvalue weighted by Gasteiger charge is 2.29. The second-order valence-corrected chi connectivity index (χ2v) is 4.02. The number of amides is 1. The molecule has 5 heteroatoms. The number of nitriles is 1. The number of aromatic hydroxyl groups is 1. The van der Waals surface area contributed by atoms with Gasteiger partial charge < -0.3 is 10.4 Å². The molecule has 0 aliphatic carbocycles. The van der Waals surface area contributed by atoms with Crippen molar-refractivity contribution in [1.82, 2.24) is 5.32 Å². The first-order valence-corrected chi connectivity index (χ1v) is 5.70. The third kappa shape index (κ3) is 2.77. The van der Waals surface area contributed by atoms with Gasteiger partial charge in [-0.15, -0.1) is 0 Å². The van der Waals surface area contributed by atoms with Gasteiger partial charge in [-0.3, -0.25) is 4.79 Å². The molecule has 0 fully saturated rings. The molecule has 1 aromatic rings. The number of carbonyl (C=O) groups excluding carboxylic acids is 1. The number of nitrogens with zero attached hydrogens (tertiary/aromatic N) is 1. The van der Waals surface area contributed by atoms with Gasteiger partial charge in [-0.1, -0.05) is 13.8 Å². The Labute approximate surface area is 105 Å². The predicted molar refractivity (Wildman–Crippen MR) is 64.5 cm³/mol. The van der Waals surface area contributed by atoms with Crippen molar-refractivity contribution >= 4 is 5.91 Å². The number of hydrogen-bond acceptors (Lipinski definition) is 3. The lowest BCUT2D eigenvalue weighted by Crippen LogP contribution is -2.46. The van der Waals surface area contributed by atoms with Crippen LogP contribution in [0.2, 0.25) is 0 Å². The van der Waals surface area contributed by atoms with E-state index in [-0.39, 0.29) is 5.56 Å². The maximum Gasteiger partial charge on any atom is 0.256 e. The van der Waals surface area contributed by atoms with E-state index in [1.807, 2.05) is 0 Å². The maximum atomic E-state index is 12.8. The summed E-state index contributed by atoms with van der Waals surface area (Å²) in [6.07, 6.45) is 0.904. The van der Waals surface area contributed by atoms with E-state index < -0.39 is 23.0 Å². The van der Waals surface area contributed by atoms with Gasteiger partial charge in [0.1, 0.15) is 17.1 Å². The third-order valence-electron chi connectivity index (χ3n) is 2.98. The van der Waals surface area contributed by atoms with Gasteiger partial charge in [0, 0.05) is 6.07 Å². The van der Waals surface area contributed by atoms with E-state index in [2.05, 4.69) is 11.4 Å². The Hall–Kier alpha value is -2.09. The first kappa shape index (κ1) is 14.0. The summed E-state index contributed by atoms with van der Waals surface area (Å²) in [5.74, 6) is -1.65. The molecule has 0 spiro atoms. The largest absolute Gasteiger partial charge is 0.507 e. The van der Waals surface area contributed by atoms with E-state index >= 15 is 0 Å². The summed E-state index contributed by atoms with van der Waals surface area (Å²) in [6, 6.07) is 5.19. The van der Waals surface area contributed by atoms with Crippen LogP contribution in [0, 0.1) is 17.1 Å². The molecular formula is C13H15FN2O2. The minimum absolute atomic E-state index is 0.0436. The topological polar surface area (TPSA) is 73.1 Å². The van der Waals surface area contributed by atoms with Crippen molar-refractivity contribution in [2.45, 2.75) is 32.2 Å². The molecule has 0 radical (unpaired) electrons. The number of benzene rings is 1. The van der Waals surface area contributed by atoms with Crippen molar-refractivity contribution in [2.24, 2.45) is 0 Å². The number of hydrogen-bond donors (Lipinski definition) is 2. The van der Waals surface area contributed by atoms with Crippen LogP contribution in [0.25, 0.3) is 0 Å². The number of carbonyl (C=O) groups is 1. The fourth-order valence-electron chi connectivity index (χ4n) is 1.59. The molecule has 0 heterocycles. The molecule has 0 unspecified atom stereocenters. The van der Waals surface area contributed by atoms with Crippen LogP contribution in [0.5, 0.6) is 5.75 Å². The lowest BCUT2D eigenvalue weighted by atomic mass is 9.94. The first-order valence-electron chi connectivity index (χ1n) is 5.70. The highest BCUT2D eigenvalue weighted by Crippen LogP contribution is 2.20. The molecule has 0 atom stereocenters. The van der Waals surface area contributed by atoms with E-state index in [9.17, 15) is 14.3 Å². The van der Waals surface area contributed by atoms with Gasteiger partial charge in [0.2, 0.25) is 0 Å². The average molecular weight is 250 g/mol. The van der Waals surface area contributed by atoms with Crippen molar-refractivity contribution in [1.29, 1.82) is 5.26 Å². The van der Waals surface area contributed by atoms with E-state index in [1.54, 1.807) is 13.8 Å². The van der Waals surface area contributed by atoms with E-state index in [0.29, 0.717) is 12.8 Å². The summed E-state index contributed by atoms with van der Waals surface area (Å²) < 4.78 is 12.8. The molecule has 0 aliphatic heterocycles. The van der Waals surface area contributed by atoms with Crippen LogP contribution >= 0.6 is 0 Å². The molecular weight excluding hydrogens is 235 g/mol. The number of rotatable bonds is 4. The molecule has 0 saturated carbocycles. The highest BCUT2D eigenvalue weighted by molar-refractivity contribution is 5.97. The Bertz CT molecular complexity index is 490. The molecule has 96 valence electrons. The van der Waals surface area contributed by atoms with Gasteiger partial charge in [-0.25, -0.2) is 4.39 Å². The molecule has 1 aromatic carbocycles. The summed E-state index contributed by atoms with van der Waals surface area (Å²) in [5, 5.41) is 21.2. The molecule has 2 N–H and O–H groups in total. The Morgan fingerprint density at radius 1 is 1.50 bits per heavy atom. The maximum absolute atomic E-state index is 12.8. The minimum atomic E-state index is -0.960. The molecule has 18 heavy (non-hydrogen) atoms. The van der Waals surface area contributed by atoms with Crippen molar-refractivity contribution in [2.75, 3.05) is 0 Å². The van der Waals surface area contributed by atoms with Crippen LogP contribution in [0.3, 0.4) is 0 Å². The quantitative estimate of drug-likeness (QED) is 0.861. The van der Waals surface area contributed by atoms with E-state index in [0.717, 1.165) is 12.1 Å². The normalized spacial score (nSPS) is 10.8. The fraction of sp³-hybridized carbons (Fsp3) is 0.385. The Morgan fingerprint density at radius 2 is 2.11 bits per heavy atom. The molecule has 1 rings (SSSR count). The second kappa shape index (κ2) is 5.50. The summed E-state index contributed by atoms with van der Waals surface area (Å²) >= 11 is 0. The summed E-state index contributed by atoms with van der Waals surface area (Å²) in [6.45, 7) is 3.58. The number of halogens is 1. The highest BCUT2D eigenvalue weighted by atomic mass is 19.1. The summed E-state index contributed by atoms with van der Waals surface area (Å²) in [7, 11) is 0. The van der Waals surface area contributed by atoms with Gasteiger partial charge in [0.15, 0.2) is 0 Å². The molecule has 0 bridgehead atoms. The Morgan fingerprint density at radius 3 is 2.56 bits per heavy atom. The molecule has 0 aromatic heterocycles. The van der Waals surface area contributed by atoms with Crippen molar-refractivity contribution in [3.8, 4) is 11.8 Å². The second-order valence-electron chi connectivity index (χ2n) is 4.02. The number of phenolic OH excluding ortho intramolecular Hbond substituents is 1. The van der Waals surface area contributed by atoms with Gasteiger partial charge in [-0.05, 0) is 25.0 Å². The molecule has 4 nitrogen and oxygen atoms in total. The van der Waals surface area contributed by atoms with Crippen LogP contribution in [-0.4, -0.2) is 16.6 Å². The average Bonchev–Trinajstić information content (AvgIpc) is 2.36. The van der Waals surface area contributed by atoms with Crippen LogP contribution in [-0.2, 0) is 0 Å². The third-order valence-corrected chi connectivity index (χ3v) is 2.98. The summed E-state index contributed by atoms with van der Waals surface area (Å²) in [5.41, 5.74) is -1.00. The van der Waals surface area contributed by atoms with E-state index in [1.165, 1.54) is 6.07 Å². The Balaban J connectivity index is 2.99. The SMILES string of the molecule is CCC(C#N)(CC)NC(=O)c1ccc(F)cc1O. The standard InChI is InChI=1S/C13H15FN2O2/c1-3-13(4-2,8-15)16-12(18)10-6-5-9(14)7-11(10)17/h5-7,17H,3-4H2,1-2H3,(H,16,18). The lowest BCUT2D eigenvalue weighted by molar-refractivity contribution is 0.0913. The zero-order valence-electron chi connectivity index (χ0n) is 10.3. The summed E-state index contributed by atoms with van der Waals surface area (Å²) in [4.78, 5) is 11.9. The number of nitrogens with one attached hydrogen (secondary N) is 1. The van der Waals surface area contributed by atoms with Gasteiger partial charge in [0.05, 0.1) is 11.6 Å². The van der Waals surface area contributed by atoms with Crippen LogP contribution in [0.15, 0.2) is 18.2 Å². The van der Waals surface area contributed by atoms with Crippen molar-refractivity contribution < 1.29 is 14.3 Å². The number of phenols is 1. The van der Waals surface area contributed by atoms with Crippen molar-refractivity contribution in [3.63, 3.8) is 0 Å². The lowest BCUT2D eigenvalue weighted by Gasteiger charge is -2.25.